The second-order valence-electron chi connectivity index (χ2n) is 3.73. The van der Waals surface area contributed by atoms with Crippen LogP contribution in [0.4, 0.5) is 5.69 Å². The Bertz CT molecular complexity index is 724. The molecule has 2 aromatic heterocycles. The van der Waals surface area contributed by atoms with Gasteiger partial charge >= 0.3 is 5.69 Å². The number of hydrogen-bond acceptors (Lipinski definition) is 3. The summed E-state index contributed by atoms with van der Waals surface area (Å²) in [5, 5.41) is 0. The van der Waals surface area contributed by atoms with Gasteiger partial charge < -0.3 is 10.7 Å². The van der Waals surface area contributed by atoms with E-state index < -0.39 is 0 Å². The first-order chi connectivity index (χ1) is 8.25. The monoisotopic (exact) mass is 226 g/mol. The molecular formula is C12H10N4O. The number of aromatic amines is 1. The lowest BCUT2D eigenvalue weighted by molar-refractivity contribution is 0.967. The highest BCUT2D eigenvalue weighted by atomic mass is 16.1. The quantitative estimate of drug-likeness (QED) is 0.656. The normalized spacial score (nSPS) is 10.8. The molecule has 1 aromatic carbocycles. The van der Waals surface area contributed by atoms with Gasteiger partial charge in [0.25, 0.3) is 0 Å². The summed E-state index contributed by atoms with van der Waals surface area (Å²) in [6, 6.07) is 10.9. The van der Waals surface area contributed by atoms with Gasteiger partial charge in [-0.25, -0.2) is 14.3 Å². The number of rotatable bonds is 1. The molecule has 5 heteroatoms. The smallest absolute Gasteiger partial charge is 0.332 e. The second kappa shape index (κ2) is 3.48. The van der Waals surface area contributed by atoms with E-state index in [1.807, 2.05) is 24.3 Å². The summed E-state index contributed by atoms with van der Waals surface area (Å²) in [6.07, 6.45) is 1.53. The highest BCUT2D eigenvalue weighted by Crippen LogP contribution is 2.13. The van der Waals surface area contributed by atoms with E-state index >= 15 is 0 Å². The van der Waals surface area contributed by atoms with Crippen molar-refractivity contribution in [2.75, 3.05) is 5.73 Å². The van der Waals surface area contributed by atoms with Crippen molar-refractivity contribution in [3.05, 3.63) is 53.1 Å². The van der Waals surface area contributed by atoms with Crippen molar-refractivity contribution in [3.63, 3.8) is 0 Å². The number of pyridine rings is 1. The average Bonchev–Trinajstić information content (AvgIpc) is 2.66. The number of aromatic nitrogens is 3. The van der Waals surface area contributed by atoms with Crippen LogP contribution in [0.1, 0.15) is 0 Å². The third kappa shape index (κ3) is 1.48. The van der Waals surface area contributed by atoms with E-state index in [0.29, 0.717) is 11.5 Å². The van der Waals surface area contributed by atoms with E-state index in [9.17, 15) is 4.79 Å². The Labute approximate surface area is 96.5 Å². The molecule has 0 saturated heterocycles. The first-order valence-corrected chi connectivity index (χ1v) is 5.17. The molecule has 0 aliphatic carbocycles. The Balaban J connectivity index is 2.33. The van der Waals surface area contributed by atoms with Gasteiger partial charge in [-0.05, 0) is 24.3 Å². The standard InChI is InChI=1S/C12H10N4O/c13-8-5-6-11(14-7-8)16-10-4-2-1-3-9(10)15-12(16)17/h1-7H,13H2,(H,15,17). The number of hydrogen-bond donors (Lipinski definition) is 2. The number of benzene rings is 1. The number of H-pyrrole nitrogens is 1. The van der Waals surface area contributed by atoms with Gasteiger partial charge in [0.1, 0.15) is 5.82 Å². The van der Waals surface area contributed by atoms with Crippen LogP contribution in [0.3, 0.4) is 0 Å². The summed E-state index contributed by atoms with van der Waals surface area (Å²) in [4.78, 5) is 18.8. The van der Waals surface area contributed by atoms with Crippen LogP contribution in [0.5, 0.6) is 0 Å². The van der Waals surface area contributed by atoms with Crippen molar-refractivity contribution in [3.8, 4) is 5.82 Å². The van der Waals surface area contributed by atoms with Crippen molar-refractivity contribution in [1.82, 2.24) is 14.5 Å². The Morgan fingerprint density at radius 1 is 1.18 bits per heavy atom. The van der Waals surface area contributed by atoms with Crippen LogP contribution in [0, 0.1) is 0 Å². The summed E-state index contributed by atoms with van der Waals surface area (Å²) < 4.78 is 1.52. The fraction of sp³-hybridized carbons (Fsp3) is 0. The van der Waals surface area contributed by atoms with Crippen molar-refractivity contribution in [1.29, 1.82) is 0 Å². The van der Waals surface area contributed by atoms with E-state index in [4.69, 9.17) is 5.73 Å². The van der Waals surface area contributed by atoms with Crippen molar-refractivity contribution >= 4 is 16.7 Å². The largest absolute Gasteiger partial charge is 0.397 e. The maximum absolute atomic E-state index is 11.9. The Morgan fingerprint density at radius 3 is 2.76 bits per heavy atom. The molecule has 0 atom stereocenters. The Hall–Kier alpha value is -2.56. The molecule has 17 heavy (non-hydrogen) atoms. The summed E-state index contributed by atoms with van der Waals surface area (Å²) in [7, 11) is 0. The SMILES string of the molecule is Nc1ccc(-n2c(=O)[nH]c3ccccc32)nc1. The van der Waals surface area contributed by atoms with Gasteiger partial charge in [-0.1, -0.05) is 12.1 Å². The lowest BCUT2D eigenvalue weighted by Gasteiger charge is -2.01. The maximum atomic E-state index is 11.9. The molecule has 0 aliphatic rings. The predicted molar refractivity (Wildman–Crippen MR) is 66.1 cm³/mol. The molecule has 3 N–H and O–H groups in total. The molecule has 0 radical (unpaired) electrons. The number of nitrogens with two attached hydrogens (primary N) is 1. The average molecular weight is 226 g/mol. The lowest BCUT2D eigenvalue weighted by Crippen LogP contribution is -2.15. The van der Waals surface area contributed by atoms with Crippen LogP contribution in [-0.2, 0) is 0 Å². The third-order valence-corrected chi connectivity index (χ3v) is 2.59. The van der Waals surface area contributed by atoms with Gasteiger partial charge in [-0.3, -0.25) is 0 Å². The summed E-state index contributed by atoms with van der Waals surface area (Å²) in [5.41, 5.74) is 7.53. The zero-order valence-corrected chi connectivity index (χ0v) is 8.92. The minimum Gasteiger partial charge on any atom is -0.397 e. The molecule has 0 aliphatic heterocycles. The van der Waals surface area contributed by atoms with Crippen molar-refractivity contribution in [2.24, 2.45) is 0 Å². The van der Waals surface area contributed by atoms with Crippen LogP contribution < -0.4 is 11.4 Å². The molecule has 0 spiro atoms. The van der Waals surface area contributed by atoms with E-state index in [-0.39, 0.29) is 5.69 Å². The highest BCUT2D eigenvalue weighted by molar-refractivity contribution is 5.76. The number of fused-ring (bicyclic) bond motifs is 1. The lowest BCUT2D eigenvalue weighted by atomic mass is 10.3. The van der Waals surface area contributed by atoms with Crippen LogP contribution >= 0.6 is 0 Å². The first-order valence-electron chi connectivity index (χ1n) is 5.17. The zero-order valence-electron chi connectivity index (χ0n) is 8.92. The molecule has 5 nitrogen and oxygen atoms in total. The van der Waals surface area contributed by atoms with E-state index in [2.05, 4.69) is 9.97 Å². The van der Waals surface area contributed by atoms with Gasteiger partial charge in [-0.2, -0.15) is 0 Å². The maximum Gasteiger partial charge on any atom is 0.332 e. The van der Waals surface area contributed by atoms with Gasteiger partial charge in [0.05, 0.1) is 22.9 Å². The molecule has 0 amide bonds. The molecule has 0 saturated carbocycles. The topological polar surface area (TPSA) is 76.7 Å². The fourth-order valence-electron chi connectivity index (χ4n) is 1.81. The Morgan fingerprint density at radius 2 is 2.00 bits per heavy atom. The molecule has 0 bridgehead atoms. The number of para-hydroxylation sites is 2. The van der Waals surface area contributed by atoms with Gasteiger partial charge in [0.15, 0.2) is 0 Å². The van der Waals surface area contributed by atoms with Crippen molar-refractivity contribution < 1.29 is 0 Å². The van der Waals surface area contributed by atoms with E-state index in [0.717, 1.165) is 11.0 Å². The summed E-state index contributed by atoms with van der Waals surface area (Å²) in [6.45, 7) is 0. The van der Waals surface area contributed by atoms with Crippen LogP contribution in [0.15, 0.2) is 47.4 Å². The van der Waals surface area contributed by atoms with Gasteiger partial charge in [0.2, 0.25) is 0 Å². The Kier molecular flexibility index (Phi) is 1.98. The van der Waals surface area contributed by atoms with Crippen LogP contribution in [-0.4, -0.2) is 14.5 Å². The van der Waals surface area contributed by atoms with Gasteiger partial charge in [0, 0.05) is 0 Å². The molecule has 0 fully saturated rings. The number of nitrogens with one attached hydrogen (secondary N) is 1. The molecule has 84 valence electrons. The predicted octanol–water partition coefficient (Wildman–Crippen LogP) is 1.30. The minimum atomic E-state index is -0.205. The van der Waals surface area contributed by atoms with Crippen LogP contribution in [0.25, 0.3) is 16.9 Å². The molecular weight excluding hydrogens is 216 g/mol. The number of imidazole rings is 1. The number of nitrogens with zero attached hydrogens (tertiary/aromatic N) is 2. The minimum absolute atomic E-state index is 0.205. The number of nitrogen functional groups attached to an aromatic ring is 1. The van der Waals surface area contributed by atoms with E-state index in [1.54, 1.807) is 12.1 Å². The second-order valence-corrected chi connectivity index (χ2v) is 3.73. The molecule has 3 rings (SSSR count). The molecule has 2 heterocycles. The zero-order chi connectivity index (χ0) is 11.8. The van der Waals surface area contributed by atoms with Crippen molar-refractivity contribution in [2.45, 2.75) is 0 Å². The first kappa shape index (κ1) is 9.65. The third-order valence-electron chi connectivity index (χ3n) is 2.59. The van der Waals surface area contributed by atoms with Crippen LogP contribution in [0.2, 0.25) is 0 Å². The summed E-state index contributed by atoms with van der Waals surface area (Å²) >= 11 is 0. The fourth-order valence-corrected chi connectivity index (χ4v) is 1.81. The molecule has 0 unspecified atom stereocenters. The molecule has 3 aromatic rings. The van der Waals surface area contributed by atoms with E-state index in [1.165, 1.54) is 10.8 Å². The van der Waals surface area contributed by atoms with Gasteiger partial charge in [-0.15, -0.1) is 0 Å². The highest BCUT2D eigenvalue weighted by Gasteiger charge is 2.08. The number of anilines is 1. The summed E-state index contributed by atoms with van der Waals surface area (Å²) in [5.74, 6) is 0.557.